The minimum atomic E-state index is -0.508. The smallest absolute Gasteiger partial charge is 0.326 e. The number of rotatable bonds is 6. The van der Waals surface area contributed by atoms with Crippen LogP contribution in [0.25, 0.3) is 10.2 Å². The van der Waals surface area contributed by atoms with Gasteiger partial charge in [0.05, 0.1) is 28.9 Å². The first-order chi connectivity index (χ1) is 13.9. The number of esters is 1. The Bertz CT molecular complexity index is 1150. The van der Waals surface area contributed by atoms with Crippen molar-refractivity contribution in [1.29, 1.82) is 0 Å². The van der Waals surface area contributed by atoms with E-state index in [0.29, 0.717) is 21.5 Å². The number of nitro groups is 1. The molecule has 3 rings (SSSR count). The van der Waals surface area contributed by atoms with Crippen LogP contribution in [0.3, 0.4) is 0 Å². The maximum Gasteiger partial charge on any atom is 0.326 e. The fraction of sp³-hybridized carbons (Fsp3) is 0.211. The van der Waals surface area contributed by atoms with Crippen LogP contribution in [0.2, 0.25) is 0 Å². The number of nitrogens with zero attached hydrogens (tertiary/aromatic N) is 3. The molecule has 1 heterocycles. The second-order valence-electron chi connectivity index (χ2n) is 5.83. The van der Waals surface area contributed by atoms with Gasteiger partial charge in [0.1, 0.15) is 12.3 Å². The molecule has 10 heteroatoms. The molecule has 0 saturated carbocycles. The molecule has 0 aliphatic heterocycles. The van der Waals surface area contributed by atoms with Crippen LogP contribution >= 0.6 is 11.3 Å². The summed E-state index contributed by atoms with van der Waals surface area (Å²) in [6.07, 6.45) is 0. The van der Waals surface area contributed by atoms with Gasteiger partial charge in [0.15, 0.2) is 4.80 Å². The van der Waals surface area contributed by atoms with Crippen LogP contribution in [0.15, 0.2) is 47.5 Å². The van der Waals surface area contributed by atoms with Crippen LogP contribution in [0.1, 0.15) is 17.3 Å². The van der Waals surface area contributed by atoms with Gasteiger partial charge in [0.25, 0.3) is 11.6 Å². The first-order valence-electron chi connectivity index (χ1n) is 8.59. The number of aromatic nitrogens is 1. The molecular formula is C19H17N3O6S. The fourth-order valence-electron chi connectivity index (χ4n) is 2.63. The zero-order valence-corrected chi connectivity index (χ0v) is 16.5. The number of methoxy groups -OCH3 is 1. The lowest BCUT2D eigenvalue weighted by atomic mass is 10.2. The van der Waals surface area contributed by atoms with Crippen molar-refractivity contribution in [2.45, 2.75) is 13.5 Å². The molecule has 1 amide bonds. The number of hydrogen-bond donors (Lipinski definition) is 0. The van der Waals surface area contributed by atoms with Crippen molar-refractivity contribution in [3.63, 3.8) is 0 Å². The van der Waals surface area contributed by atoms with E-state index in [1.807, 2.05) is 0 Å². The third-order valence-electron chi connectivity index (χ3n) is 4.00. The molecule has 0 fully saturated rings. The van der Waals surface area contributed by atoms with Gasteiger partial charge in [-0.05, 0) is 37.3 Å². The third-order valence-corrected chi connectivity index (χ3v) is 5.05. The van der Waals surface area contributed by atoms with E-state index in [9.17, 15) is 19.7 Å². The minimum Gasteiger partial charge on any atom is -0.497 e. The molecule has 0 aliphatic rings. The number of carbonyl (C=O) groups excluding carboxylic acids is 2. The summed E-state index contributed by atoms with van der Waals surface area (Å²) < 4.78 is 12.1. The predicted molar refractivity (Wildman–Crippen MR) is 106 cm³/mol. The Balaban J connectivity index is 2.09. The molecule has 29 heavy (non-hydrogen) atoms. The van der Waals surface area contributed by atoms with Crippen LogP contribution in [-0.2, 0) is 16.1 Å². The van der Waals surface area contributed by atoms with E-state index in [-0.39, 0.29) is 23.6 Å². The number of carbonyl (C=O) groups is 2. The Morgan fingerprint density at radius 1 is 1.21 bits per heavy atom. The van der Waals surface area contributed by atoms with Gasteiger partial charge in [0.2, 0.25) is 0 Å². The second-order valence-corrected chi connectivity index (χ2v) is 6.84. The van der Waals surface area contributed by atoms with E-state index in [1.54, 1.807) is 31.2 Å². The Kier molecular flexibility index (Phi) is 6.03. The van der Waals surface area contributed by atoms with E-state index in [2.05, 4.69) is 4.99 Å². The number of fused-ring (bicyclic) bond motifs is 1. The Labute approximate surface area is 169 Å². The Morgan fingerprint density at radius 2 is 1.93 bits per heavy atom. The molecule has 3 aromatic rings. The highest BCUT2D eigenvalue weighted by Crippen LogP contribution is 2.23. The average molecular weight is 415 g/mol. The fourth-order valence-corrected chi connectivity index (χ4v) is 3.70. The van der Waals surface area contributed by atoms with Crippen molar-refractivity contribution in [2.24, 2.45) is 4.99 Å². The normalized spacial score (nSPS) is 11.4. The molecule has 0 unspecified atom stereocenters. The maximum atomic E-state index is 12.6. The van der Waals surface area contributed by atoms with Crippen molar-refractivity contribution in [2.75, 3.05) is 13.7 Å². The quantitative estimate of drug-likeness (QED) is 0.347. The van der Waals surface area contributed by atoms with Gasteiger partial charge in [-0.2, -0.15) is 4.99 Å². The summed E-state index contributed by atoms with van der Waals surface area (Å²) in [5.41, 5.74) is 0.807. The lowest BCUT2D eigenvalue weighted by molar-refractivity contribution is -0.384. The van der Waals surface area contributed by atoms with E-state index >= 15 is 0 Å². The van der Waals surface area contributed by atoms with Crippen LogP contribution in [0.4, 0.5) is 5.69 Å². The highest BCUT2D eigenvalue weighted by Gasteiger charge is 2.15. The van der Waals surface area contributed by atoms with Crippen molar-refractivity contribution < 1.29 is 24.0 Å². The summed E-state index contributed by atoms with van der Waals surface area (Å²) >= 11 is 1.08. The van der Waals surface area contributed by atoms with E-state index < -0.39 is 16.8 Å². The topological polar surface area (TPSA) is 113 Å². The summed E-state index contributed by atoms with van der Waals surface area (Å²) in [5, 5.41) is 11.1. The predicted octanol–water partition coefficient (Wildman–Crippen LogP) is 2.92. The summed E-state index contributed by atoms with van der Waals surface area (Å²) in [7, 11) is 1.52. The van der Waals surface area contributed by atoms with Crippen LogP contribution in [0.5, 0.6) is 5.75 Å². The molecule has 0 N–H and O–H groups in total. The highest BCUT2D eigenvalue weighted by atomic mass is 32.1. The first-order valence-corrected chi connectivity index (χ1v) is 9.41. The lowest BCUT2D eigenvalue weighted by Crippen LogP contribution is -2.23. The number of benzene rings is 2. The van der Waals surface area contributed by atoms with Crippen LogP contribution < -0.4 is 9.54 Å². The van der Waals surface area contributed by atoms with Gasteiger partial charge in [-0.3, -0.25) is 19.7 Å². The zero-order chi connectivity index (χ0) is 21.0. The third kappa shape index (κ3) is 4.49. The van der Waals surface area contributed by atoms with Crippen LogP contribution in [-0.4, -0.2) is 35.1 Å². The van der Waals surface area contributed by atoms with Gasteiger partial charge in [-0.1, -0.05) is 11.3 Å². The SMILES string of the molecule is CCOC(=O)Cn1c(=NC(=O)c2ccc(OC)cc2)sc2cc([N+](=O)[O-])ccc21. The molecule has 0 spiro atoms. The number of non-ortho nitro benzene ring substituents is 1. The summed E-state index contributed by atoms with van der Waals surface area (Å²) in [5.74, 6) is -0.400. The molecule has 150 valence electrons. The molecule has 1 aromatic heterocycles. The van der Waals surface area contributed by atoms with Crippen molar-refractivity contribution >= 4 is 39.1 Å². The monoisotopic (exact) mass is 415 g/mol. The van der Waals surface area contributed by atoms with Gasteiger partial charge in [-0.15, -0.1) is 0 Å². The highest BCUT2D eigenvalue weighted by molar-refractivity contribution is 7.16. The molecule has 0 saturated heterocycles. The molecule has 0 bridgehead atoms. The summed E-state index contributed by atoms with van der Waals surface area (Å²) in [6, 6.07) is 10.7. The molecule has 0 radical (unpaired) electrons. The minimum absolute atomic E-state index is 0.0879. The molecule has 2 aromatic carbocycles. The number of amides is 1. The van der Waals surface area contributed by atoms with E-state index in [4.69, 9.17) is 9.47 Å². The molecule has 0 atom stereocenters. The lowest BCUT2D eigenvalue weighted by Gasteiger charge is -2.05. The Morgan fingerprint density at radius 3 is 2.55 bits per heavy atom. The average Bonchev–Trinajstić information content (AvgIpc) is 3.04. The van der Waals surface area contributed by atoms with E-state index in [1.165, 1.54) is 29.9 Å². The molecule has 9 nitrogen and oxygen atoms in total. The second kappa shape index (κ2) is 8.65. The zero-order valence-electron chi connectivity index (χ0n) is 15.7. The van der Waals surface area contributed by atoms with Crippen molar-refractivity contribution in [3.8, 4) is 5.75 Å². The Hall–Kier alpha value is -3.53. The number of thiazole rings is 1. The number of nitro benzene ring substituents is 1. The van der Waals surface area contributed by atoms with Crippen molar-refractivity contribution in [3.05, 3.63) is 62.9 Å². The number of hydrogen-bond acceptors (Lipinski definition) is 7. The first kappa shape index (κ1) is 20.2. The summed E-state index contributed by atoms with van der Waals surface area (Å²) in [6.45, 7) is 1.74. The maximum absolute atomic E-state index is 12.6. The summed E-state index contributed by atoms with van der Waals surface area (Å²) in [4.78, 5) is 39.5. The van der Waals surface area contributed by atoms with Gasteiger partial charge in [-0.25, -0.2) is 0 Å². The van der Waals surface area contributed by atoms with Gasteiger partial charge >= 0.3 is 5.97 Å². The number of ether oxygens (including phenoxy) is 2. The standard InChI is InChI=1S/C19H17N3O6S/c1-3-28-17(23)11-21-15-9-6-13(22(25)26)10-16(15)29-19(21)20-18(24)12-4-7-14(27-2)8-5-12/h4-10H,3,11H2,1-2H3. The van der Waals surface area contributed by atoms with Crippen molar-refractivity contribution in [1.82, 2.24) is 4.57 Å². The van der Waals surface area contributed by atoms with Gasteiger partial charge < -0.3 is 14.0 Å². The van der Waals surface area contributed by atoms with E-state index in [0.717, 1.165) is 11.3 Å². The van der Waals surface area contributed by atoms with Gasteiger partial charge in [0, 0.05) is 17.7 Å². The largest absolute Gasteiger partial charge is 0.497 e. The molecule has 0 aliphatic carbocycles. The molecular weight excluding hydrogens is 398 g/mol. The van der Waals surface area contributed by atoms with Crippen LogP contribution in [0, 0.1) is 10.1 Å².